The maximum atomic E-state index is 11.7. The molecule has 0 spiro atoms. The van der Waals surface area contributed by atoms with Gasteiger partial charge in [-0.15, -0.1) is 0 Å². The van der Waals surface area contributed by atoms with Crippen molar-refractivity contribution >= 4 is 5.97 Å². The van der Waals surface area contributed by atoms with E-state index < -0.39 is 0 Å². The van der Waals surface area contributed by atoms with Crippen LogP contribution < -0.4 is 4.74 Å². The summed E-state index contributed by atoms with van der Waals surface area (Å²) in [6.45, 7) is 4.01. The summed E-state index contributed by atoms with van der Waals surface area (Å²) in [7, 11) is 0. The minimum Gasteiger partial charge on any atom is -0.426 e. The molecule has 0 saturated carbocycles. The Morgan fingerprint density at radius 1 is 1.05 bits per heavy atom. The van der Waals surface area contributed by atoms with Crippen molar-refractivity contribution in [2.75, 3.05) is 0 Å². The van der Waals surface area contributed by atoms with Crippen molar-refractivity contribution in [3.05, 3.63) is 64.7 Å². The maximum absolute atomic E-state index is 11.7. The fraction of sp³-hybridized carbons (Fsp3) is 0.316. The molecule has 0 N–H and O–H groups in total. The van der Waals surface area contributed by atoms with Crippen LogP contribution in [0.1, 0.15) is 29.2 Å². The second-order valence-electron chi connectivity index (χ2n) is 5.95. The second kappa shape index (κ2) is 5.72. The van der Waals surface area contributed by atoms with E-state index in [4.69, 9.17) is 4.74 Å². The molecule has 1 heterocycles. The van der Waals surface area contributed by atoms with Crippen LogP contribution in [0.5, 0.6) is 5.75 Å². The molecular formula is C19H20O2. The van der Waals surface area contributed by atoms with Gasteiger partial charge >= 0.3 is 5.97 Å². The van der Waals surface area contributed by atoms with E-state index in [-0.39, 0.29) is 11.9 Å². The highest BCUT2D eigenvalue weighted by atomic mass is 16.5. The summed E-state index contributed by atoms with van der Waals surface area (Å²) in [4.78, 5) is 11.7. The van der Waals surface area contributed by atoms with Crippen LogP contribution in [0.4, 0.5) is 0 Å². The molecule has 0 bridgehead atoms. The first-order valence-corrected chi connectivity index (χ1v) is 7.51. The van der Waals surface area contributed by atoms with Crippen LogP contribution in [-0.2, 0) is 24.1 Å². The lowest BCUT2D eigenvalue weighted by atomic mass is 9.95. The molecule has 0 amide bonds. The van der Waals surface area contributed by atoms with E-state index in [2.05, 4.69) is 43.3 Å². The smallest absolute Gasteiger partial charge is 0.314 e. The van der Waals surface area contributed by atoms with Gasteiger partial charge in [0.25, 0.3) is 0 Å². The van der Waals surface area contributed by atoms with Gasteiger partial charge in [-0.3, -0.25) is 4.79 Å². The molecule has 21 heavy (non-hydrogen) atoms. The van der Waals surface area contributed by atoms with Crippen molar-refractivity contribution in [1.29, 1.82) is 0 Å². The van der Waals surface area contributed by atoms with Gasteiger partial charge in [-0.25, -0.2) is 0 Å². The van der Waals surface area contributed by atoms with E-state index in [1.165, 1.54) is 16.7 Å². The Morgan fingerprint density at radius 2 is 1.71 bits per heavy atom. The molecule has 0 radical (unpaired) electrons. The molecule has 0 aromatic heterocycles. The van der Waals surface area contributed by atoms with Crippen molar-refractivity contribution in [3.63, 3.8) is 0 Å². The number of carbonyl (C=O) groups excluding carboxylic acids is 1. The lowest BCUT2D eigenvalue weighted by Gasteiger charge is -2.21. The van der Waals surface area contributed by atoms with E-state index in [9.17, 15) is 4.79 Å². The Balaban J connectivity index is 1.71. The Kier molecular flexibility index (Phi) is 3.78. The highest BCUT2D eigenvalue weighted by molar-refractivity contribution is 5.77. The Hall–Kier alpha value is -2.09. The van der Waals surface area contributed by atoms with Gasteiger partial charge in [0.05, 0.1) is 5.92 Å². The highest BCUT2D eigenvalue weighted by Crippen LogP contribution is 2.29. The molecular weight excluding hydrogens is 260 g/mol. The molecule has 1 aliphatic rings. The number of carbonyl (C=O) groups is 1. The van der Waals surface area contributed by atoms with Crippen molar-refractivity contribution in [1.82, 2.24) is 0 Å². The van der Waals surface area contributed by atoms with E-state index >= 15 is 0 Å². The van der Waals surface area contributed by atoms with Gasteiger partial charge in [0, 0.05) is 0 Å². The van der Waals surface area contributed by atoms with Crippen molar-refractivity contribution in [3.8, 4) is 5.75 Å². The van der Waals surface area contributed by atoms with Crippen LogP contribution in [0, 0.1) is 12.8 Å². The van der Waals surface area contributed by atoms with Crippen LogP contribution in [0.2, 0.25) is 0 Å². The van der Waals surface area contributed by atoms with Gasteiger partial charge in [-0.1, -0.05) is 48.9 Å². The third-order valence-corrected chi connectivity index (χ3v) is 4.09. The first-order valence-electron chi connectivity index (χ1n) is 7.51. The standard InChI is InChI=1S/C19H20O2/c1-13-3-5-15(6-4-13)7-8-16-9-10-17-11-14(2)19(20)21-18(17)12-16/h3-6,9-10,12,14H,7-8,11H2,1-2H3. The molecule has 2 heteroatoms. The van der Waals surface area contributed by atoms with Crippen LogP contribution in [0.3, 0.4) is 0 Å². The number of esters is 1. The van der Waals surface area contributed by atoms with Crippen molar-refractivity contribution < 1.29 is 9.53 Å². The third kappa shape index (κ3) is 3.15. The van der Waals surface area contributed by atoms with Gasteiger partial charge < -0.3 is 4.74 Å². The van der Waals surface area contributed by atoms with Gasteiger partial charge in [0.1, 0.15) is 5.75 Å². The predicted octanol–water partition coefficient (Wildman–Crippen LogP) is 3.88. The summed E-state index contributed by atoms with van der Waals surface area (Å²) >= 11 is 0. The number of aryl methyl sites for hydroxylation is 3. The average Bonchev–Trinajstić information content (AvgIpc) is 2.48. The summed E-state index contributed by atoms with van der Waals surface area (Å²) in [6.07, 6.45) is 2.75. The normalized spacial score (nSPS) is 17.2. The van der Waals surface area contributed by atoms with Crippen LogP contribution in [0.25, 0.3) is 0 Å². The predicted molar refractivity (Wildman–Crippen MR) is 83.5 cm³/mol. The number of hydrogen-bond donors (Lipinski definition) is 0. The van der Waals surface area contributed by atoms with Gasteiger partial charge in [0.15, 0.2) is 0 Å². The zero-order valence-corrected chi connectivity index (χ0v) is 12.6. The van der Waals surface area contributed by atoms with Crippen LogP contribution in [0.15, 0.2) is 42.5 Å². The summed E-state index contributed by atoms with van der Waals surface area (Å²) in [5, 5.41) is 0. The molecule has 2 aromatic rings. The Bertz CT molecular complexity index is 656. The number of hydrogen-bond acceptors (Lipinski definition) is 2. The van der Waals surface area contributed by atoms with Crippen LogP contribution in [-0.4, -0.2) is 5.97 Å². The van der Waals surface area contributed by atoms with Crippen molar-refractivity contribution in [2.45, 2.75) is 33.1 Å². The fourth-order valence-electron chi connectivity index (χ4n) is 2.68. The van der Waals surface area contributed by atoms with E-state index in [0.717, 1.165) is 30.6 Å². The quantitative estimate of drug-likeness (QED) is 0.630. The van der Waals surface area contributed by atoms with E-state index in [1.807, 2.05) is 13.0 Å². The minimum absolute atomic E-state index is 0.0316. The minimum atomic E-state index is -0.113. The number of ether oxygens (including phenoxy) is 1. The maximum Gasteiger partial charge on any atom is 0.314 e. The lowest BCUT2D eigenvalue weighted by Crippen LogP contribution is -2.25. The fourth-order valence-corrected chi connectivity index (χ4v) is 2.68. The van der Waals surface area contributed by atoms with E-state index in [1.54, 1.807) is 0 Å². The summed E-state index contributed by atoms with van der Waals surface area (Å²) in [6, 6.07) is 14.9. The zero-order valence-electron chi connectivity index (χ0n) is 12.6. The van der Waals surface area contributed by atoms with Gasteiger partial charge in [0.2, 0.25) is 0 Å². The van der Waals surface area contributed by atoms with E-state index in [0.29, 0.717) is 0 Å². The molecule has 0 aliphatic carbocycles. The molecule has 1 unspecified atom stereocenters. The summed E-state index contributed by atoms with van der Waals surface area (Å²) in [5.74, 6) is 0.605. The zero-order chi connectivity index (χ0) is 14.8. The summed E-state index contributed by atoms with van der Waals surface area (Å²) < 4.78 is 5.41. The molecule has 2 nitrogen and oxygen atoms in total. The largest absolute Gasteiger partial charge is 0.426 e. The molecule has 3 rings (SSSR count). The lowest BCUT2D eigenvalue weighted by molar-refractivity contribution is -0.139. The van der Waals surface area contributed by atoms with Gasteiger partial charge in [-0.2, -0.15) is 0 Å². The number of fused-ring (bicyclic) bond motifs is 1. The molecule has 0 saturated heterocycles. The second-order valence-corrected chi connectivity index (χ2v) is 5.95. The Labute approximate surface area is 125 Å². The molecule has 0 fully saturated rings. The first kappa shape index (κ1) is 13.9. The first-order chi connectivity index (χ1) is 10.1. The molecule has 108 valence electrons. The number of benzene rings is 2. The third-order valence-electron chi connectivity index (χ3n) is 4.09. The SMILES string of the molecule is Cc1ccc(CCc2ccc3c(c2)OC(=O)C(C)C3)cc1. The number of rotatable bonds is 3. The summed E-state index contributed by atoms with van der Waals surface area (Å²) in [5.41, 5.74) is 4.98. The monoisotopic (exact) mass is 280 g/mol. The average molecular weight is 280 g/mol. The molecule has 2 aromatic carbocycles. The molecule has 1 atom stereocenters. The van der Waals surface area contributed by atoms with Crippen LogP contribution >= 0.6 is 0 Å². The topological polar surface area (TPSA) is 26.3 Å². The molecule has 1 aliphatic heterocycles. The highest BCUT2D eigenvalue weighted by Gasteiger charge is 2.24. The van der Waals surface area contributed by atoms with Gasteiger partial charge in [-0.05, 0) is 48.9 Å². The van der Waals surface area contributed by atoms with Crippen molar-refractivity contribution in [2.24, 2.45) is 5.92 Å². The Morgan fingerprint density at radius 3 is 2.48 bits per heavy atom.